The van der Waals surface area contributed by atoms with Crippen molar-refractivity contribution in [2.24, 2.45) is 10.9 Å². The van der Waals surface area contributed by atoms with Gasteiger partial charge in [0.1, 0.15) is 13.2 Å². The normalized spacial score (nSPS) is 16.8. The predicted octanol–water partition coefficient (Wildman–Crippen LogP) is 2.18. The first-order valence-electron chi connectivity index (χ1n) is 10.4. The van der Waals surface area contributed by atoms with Crippen LogP contribution in [0.5, 0.6) is 0 Å². The molecular formula is C24H28N4O4. The van der Waals surface area contributed by atoms with Crippen LogP contribution in [0.3, 0.4) is 0 Å². The number of nitrogens with two attached hydrogens (primary N) is 1. The Kier molecular flexibility index (Phi) is 7.25. The van der Waals surface area contributed by atoms with E-state index in [0.717, 1.165) is 22.3 Å². The lowest BCUT2D eigenvalue weighted by Gasteiger charge is -2.23. The number of hydrogen-bond acceptors (Lipinski definition) is 5. The third kappa shape index (κ3) is 5.14. The van der Waals surface area contributed by atoms with E-state index in [-0.39, 0.29) is 37.7 Å². The number of nitrogens with one attached hydrogen (secondary N) is 1. The molecule has 3 amide bonds. The van der Waals surface area contributed by atoms with Gasteiger partial charge < -0.3 is 20.8 Å². The molecule has 1 heterocycles. The van der Waals surface area contributed by atoms with Crippen molar-refractivity contribution in [1.29, 1.82) is 0 Å². The maximum atomic E-state index is 13.3. The molecule has 1 aliphatic rings. The van der Waals surface area contributed by atoms with Gasteiger partial charge in [0, 0.05) is 24.9 Å². The first-order valence-corrected chi connectivity index (χ1v) is 10.4. The molecule has 0 aromatic heterocycles. The topological polar surface area (TPSA) is 114 Å². The van der Waals surface area contributed by atoms with Gasteiger partial charge in [-0.3, -0.25) is 14.4 Å². The second-order valence-electron chi connectivity index (χ2n) is 7.84. The second kappa shape index (κ2) is 10.1. The number of amides is 3. The van der Waals surface area contributed by atoms with Crippen molar-refractivity contribution in [2.45, 2.75) is 32.7 Å². The molecule has 8 nitrogen and oxygen atoms in total. The largest absolute Gasteiger partial charge is 0.399 e. The number of carbonyl (C=O) groups excluding carboxylic acids is 3. The van der Waals surface area contributed by atoms with Crippen LogP contribution in [0.2, 0.25) is 0 Å². The van der Waals surface area contributed by atoms with Crippen LogP contribution >= 0.6 is 0 Å². The number of rotatable bonds is 7. The summed E-state index contributed by atoms with van der Waals surface area (Å²) >= 11 is 0. The lowest BCUT2D eigenvalue weighted by Crippen LogP contribution is -2.46. The molecule has 3 N–H and O–H groups in total. The van der Waals surface area contributed by atoms with Crippen LogP contribution in [0.25, 0.3) is 11.1 Å². The minimum absolute atomic E-state index is 0.0329. The third-order valence-electron chi connectivity index (χ3n) is 5.51. The van der Waals surface area contributed by atoms with Gasteiger partial charge in [0.2, 0.25) is 11.8 Å². The monoisotopic (exact) mass is 436 g/mol. The maximum Gasteiger partial charge on any atom is 0.254 e. The first kappa shape index (κ1) is 23.0. The van der Waals surface area contributed by atoms with Crippen molar-refractivity contribution in [2.75, 3.05) is 20.2 Å². The van der Waals surface area contributed by atoms with E-state index >= 15 is 0 Å². The zero-order chi connectivity index (χ0) is 23.3. The molecule has 1 atom stereocenters. The smallest absolute Gasteiger partial charge is 0.254 e. The van der Waals surface area contributed by atoms with Gasteiger partial charge in [0.15, 0.2) is 0 Å². The van der Waals surface area contributed by atoms with Gasteiger partial charge in [0.05, 0.1) is 12.3 Å². The Labute approximate surface area is 187 Å². The molecule has 2 aromatic carbocycles. The van der Waals surface area contributed by atoms with Gasteiger partial charge in [-0.2, -0.15) is 0 Å². The standard InChI is InChI=1S/C24H28N4O4/c1-15-5-4-6-16(2)22(15)17-7-9-18(10-8-17)24(31)28-14-19(27-32-3)13-20(28)23(30)26-12-11-21(25)29/h4-10,20H,11-14H2,1-3H3,(H2,25,29)(H,26,30)/t20-/m0/s1. The average Bonchev–Trinajstić information content (AvgIpc) is 3.17. The highest BCUT2D eigenvalue weighted by molar-refractivity contribution is 6.05. The summed E-state index contributed by atoms with van der Waals surface area (Å²) in [5, 5.41) is 6.60. The van der Waals surface area contributed by atoms with Crippen molar-refractivity contribution in [3.8, 4) is 11.1 Å². The summed E-state index contributed by atoms with van der Waals surface area (Å²) in [4.78, 5) is 43.2. The first-order chi connectivity index (χ1) is 15.3. The van der Waals surface area contributed by atoms with E-state index in [9.17, 15) is 14.4 Å². The van der Waals surface area contributed by atoms with Crippen LogP contribution in [0.15, 0.2) is 47.6 Å². The van der Waals surface area contributed by atoms with Gasteiger partial charge in [-0.1, -0.05) is 35.5 Å². The highest BCUT2D eigenvalue weighted by atomic mass is 16.6. The Morgan fingerprint density at radius 3 is 2.38 bits per heavy atom. The van der Waals surface area contributed by atoms with Gasteiger partial charge >= 0.3 is 0 Å². The summed E-state index contributed by atoms with van der Waals surface area (Å²) in [7, 11) is 1.42. The highest BCUT2D eigenvalue weighted by Crippen LogP contribution is 2.28. The summed E-state index contributed by atoms with van der Waals surface area (Å²) < 4.78 is 0. The Morgan fingerprint density at radius 2 is 1.78 bits per heavy atom. The zero-order valence-electron chi connectivity index (χ0n) is 18.6. The number of likely N-dealkylation sites (tertiary alicyclic amines) is 1. The molecule has 0 aliphatic carbocycles. The second-order valence-corrected chi connectivity index (χ2v) is 7.84. The summed E-state index contributed by atoms with van der Waals surface area (Å²) in [5.74, 6) is -1.13. The summed E-state index contributed by atoms with van der Waals surface area (Å²) in [6, 6.07) is 12.8. The average molecular weight is 437 g/mol. The van der Waals surface area contributed by atoms with E-state index in [2.05, 4.69) is 36.5 Å². The fourth-order valence-corrected chi connectivity index (χ4v) is 3.99. The molecule has 1 saturated heterocycles. The van der Waals surface area contributed by atoms with Crippen molar-refractivity contribution in [3.05, 3.63) is 59.2 Å². The molecule has 0 saturated carbocycles. The van der Waals surface area contributed by atoms with Crippen molar-refractivity contribution in [3.63, 3.8) is 0 Å². The number of nitrogens with zero attached hydrogens (tertiary/aromatic N) is 2. The van der Waals surface area contributed by atoms with E-state index in [0.29, 0.717) is 11.3 Å². The number of hydrogen-bond donors (Lipinski definition) is 2. The number of benzene rings is 2. The molecular weight excluding hydrogens is 408 g/mol. The fraction of sp³-hybridized carbons (Fsp3) is 0.333. The summed E-state index contributed by atoms with van der Waals surface area (Å²) in [5.41, 5.74) is 10.7. The van der Waals surface area contributed by atoms with Gasteiger partial charge in [0.25, 0.3) is 5.91 Å². The van der Waals surface area contributed by atoms with Crippen molar-refractivity contribution >= 4 is 23.4 Å². The molecule has 0 spiro atoms. The zero-order valence-corrected chi connectivity index (χ0v) is 18.6. The Balaban J connectivity index is 1.81. The van der Waals surface area contributed by atoms with Crippen molar-refractivity contribution in [1.82, 2.24) is 10.2 Å². The van der Waals surface area contributed by atoms with Crippen LogP contribution in [0, 0.1) is 13.8 Å². The maximum absolute atomic E-state index is 13.3. The SMILES string of the molecule is CON=C1C[C@@H](C(=O)NCCC(N)=O)N(C(=O)c2ccc(-c3c(C)cccc3C)cc2)C1. The lowest BCUT2D eigenvalue weighted by atomic mass is 9.95. The Hall–Kier alpha value is -3.68. The third-order valence-corrected chi connectivity index (χ3v) is 5.51. The molecule has 0 radical (unpaired) electrons. The fourth-order valence-electron chi connectivity index (χ4n) is 3.99. The minimum Gasteiger partial charge on any atom is -0.399 e. The Bertz CT molecular complexity index is 1030. The number of carbonyl (C=O) groups is 3. The quantitative estimate of drug-likeness (QED) is 0.648. The van der Waals surface area contributed by atoms with E-state index in [1.807, 2.05) is 18.2 Å². The lowest BCUT2D eigenvalue weighted by molar-refractivity contribution is -0.125. The van der Waals surface area contributed by atoms with Gasteiger partial charge in [-0.05, 0) is 48.2 Å². The molecule has 0 bridgehead atoms. The van der Waals surface area contributed by atoms with E-state index in [4.69, 9.17) is 10.6 Å². The number of aryl methyl sites for hydroxylation is 2. The van der Waals surface area contributed by atoms with Gasteiger partial charge in [-0.25, -0.2) is 0 Å². The predicted molar refractivity (Wildman–Crippen MR) is 122 cm³/mol. The number of primary amides is 1. The van der Waals surface area contributed by atoms with Gasteiger partial charge in [-0.15, -0.1) is 0 Å². The van der Waals surface area contributed by atoms with Crippen LogP contribution < -0.4 is 11.1 Å². The van der Waals surface area contributed by atoms with Crippen LogP contribution in [0.1, 0.15) is 34.3 Å². The molecule has 0 unspecified atom stereocenters. The van der Waals surface area contributed by atoms with E-state index < -0.39 is 11.9 Å². The molecule has 1 fully saturated rings. The molecule has 32 heavy (non-hydrogen) atoms. The molecule has 8 heteroatoms. The van der Waals surface area contributed by atoms with Crippen LogP contribution in [-0.2, 0) is 14.4 Å². The highest BCUT2D eigenvalue weighted by Gasteiger charge is 2.38. The van der Waals surface area contributed by atoms with E-state index in [1.165, 1.54) is 12.0 Å². The van der Waals surface area contributed by atoms with Crippen LogP contribution in [0.4, 0.5) is 0 Å². The molecule has 3 rings (SSSR count). The van der Waals surface area contributed by atoms with Crippen LogP contribution in [-0.4, -0.2) is 54.6 Å². The molecule has 168 valence electrons. The number of oxime groups is 1. The minimum atomic E-state index is -0.734. The summed E-state index contributed by atoms with van der Waals surface area (Å²) in [6.45, 7) is 4.43. The molecule has 2 aromatic rings. The molecule has 1 aliphatic heterocycles. The van der Waals surface area contributed by atoms with Crippen molar-refractivity contribution < 1.29 is 19.2 Å². The van der Waals surface area contributed by atoms with E-state index in [1.54, 1.807) is 12.1 Å². The summed E-state index contributed by atoms with van der Waals surface area (Å²) in [6.07, 6.45) is 0.299. The Morgan fingerprint density at radius 1 is 1.12 bits per heavy atom.